The minimum Gasteiger partial charge on any atom is -0.545 e. The van der Waals surface area contributed by atoms with Gasteiger partial charge in [0.25, 0.3) is 0 Å². The predicted molar refractivity (Wildman–Crippen MR) is 102 cm³/mol. The van der Waals surface area contributed by atoms with Crippen molar-refractivity contribution < 1.29 is 46.7 Å². The molecule has 1 N–H and O–H groups in total. The monoisotopic (exact) mass is 426 g/mol. The van der Waals surface area contributed by atoms with Gasteiger partial charge in [-0.05, 0) is 55.1 Å². The maximum Gasteiger partial charge on any atom is 1.00 e. The number of carboxylic acid groups (broad SMARTS) is 1. The number of carbonyl (C=O) groups is 2. The first kappa shape index (κ1) is 25.0. The smallest absolute Gasteiger partial charge is 0.545 e. The summed E-state index contributed by atoms with van der Waals surface area (Å²) in [4.78, 5) is 25.6. The van der Waals surface area contributed by atoms with Crippen molar-refractivity contribution >= 4 is 11.9 Å². The average Bonchev–Trinajstić information content (AvgIpc) is 3.16. The van der Waals surface area contributed by atoms with E-state index in [-0.39, 0.29) is 42.4 Å². The minimum absolute atomic E-state index is 0. The zero-order valence-corrected chi connectivity index (χ0v) is 17.4. The summed E-state index contributed by atoms with van der Waals surface area (Å²) >= 11 is 0. The number of amides is 1. The Balaban J connectivity index is 0.00000341. The van der Waals surface area contributed by atoms with Gasteiger partial charge in [-0.15, -0.1) is 0 Å². The van der Waals surface area contributed by atoms with Gasteiger partial charge in [-0.2, -0.15) is 13.2 Å². The minimum atomic E-state index is -4.37. The van der Waals surface area contributed by atoms with Gasteiger partial charge in [0.2, 0.25) is 5.91 Å². The second-order valence-corrected chi connectivity index (χ2v) is 7.46. The molecule has 0 saturated carbocycles. The van der Waals surface area contributed by atoms with E-state index in [1.165, 1.54) is 24.3 Å². The Kier molecular flexibility index (Phi) is 8.35. The number of alkyl halides is 3. The molecule has 2 aromatic carbocycles. The first-order valence-corrected chi connectivity index (χ1v) is 9.67. The number of nitrogens with zero attached hydrogens (tertiary/aromatic N) is 1. The van der Waals surface area contributed by atoms with Crippen LogP contribution in [0.1, 0.15) is 52.9 Å². The van der Waals surface area contributed by atoms with Crippen molar-refractivity contribution in [1.82, 2.24) is 10.2 Å². The van der Waals surface area contributed by atoms with Crippen LogP contribution in [0.3, 0.4) is 0 Å². The number of nitrogens with one attached hydrogen (secondary N) is 1. The zero-order chi connectivity index (χ0) is 21.9. The summed E-state index contributed by atoms with van der Waals surface area (Å²) in [5.41, 5.74) is 0.852. The van der Waals surface area contributed by atoms with Crippen molar-refractivity contribution in [3.63, 3.8) is 0 Å². The molecule has 31 heavy (non-hydrogen) atoms. The summed E-state index contributed by atoms with van der Waals surface area (Å²) in [5.74, 6) is -1.42. The van der Waals surface area contributed by atoms with Crippen LogP contribution in [0.15, 0.2) is 48.5 Å². The van der Waals surface area contributed by atoms with Crippen LogP contribution >= 0.6 is 0 Å². The Labute approximate surface area is 190 Å². The van der Waals surface area contributed by atoms with Crippen LogP contribution in [-0.4, -0.2) is 29.4 Å². The van der Waals surface area contributed by atoms with Gasteiger partial charge in [-0.1, -0.05) is 36.4 Å². The number of likely N-dealkylation sites (tertiary alicyclic amines) is 1. The zero-order valence-electron chi connectivity index (χ0n) is 17.4. The Morgan fingerprint density at radius 3 is 2.29 bits per heavy atom. The topological polar surface area (TPSA) is 72.5 Å². The number of carbonyl (C=O) groups excluding carboxylic acids is 2. The Morgan fingerprint density at radius 2 is 1.74 bits per heavy atom. The first-order valence-electron chi connectivity index (χ1n) is 9.67. The van der Waals surface area contributed by atoms with Crippen molar-refractivity contribution in [3.05, 3.63) is 70.8 Å². The molecule has 1 heterocycles. The van der Waals surface area contributed by atoms with E-state index < -0.39 is 17.7 Å². The van der Waals surface area contributed by atoms with E-state index in [1.807, 2.05) is 4.90 Å². The third-order valence-electron chi connectivity index (χ3n) is 5.34. The molecule has 0 spiro atoms. The van der Waals surface area contributed by atoms with Crippen molar-refractivity contribution in [2.75, 3.05) is 6.54 Å². The van der Waals surface area contributed by atoms with Crippen LogP contribution < -0.4 is 29.3 Å². The SMILES string of the molecule is C[C@H](NC(=O)[C@H]1CCCN1Cc1ccc(C(F)(F)F)cc1)c1ccc(C(=O)[O-])cc1.[Li+]. The summed E-state index contributed by atoms with van der Waals surface area (Å²) in [7, 11) is 0. The van der Waals surface area contributed by atoms with Crippen molar-refractivity contribution in [2.45, 2.75) is 44.6 Å². The van der Waals surface area contributed by atoms with E-state index in [0.29, 0.717) is 25.1 Å². The fourth-order valence-electron chi connectivity index (χ4n) is 3.65. The number of benzene rings is 2. The third-order valence-corrected chi connectivity index (χ3v) is 5.34. The molecule has 2 aromatic rings. The van der Waals surface area contributed by atoms with Crippen LogP contribution in [0, 0.1) is 0 Å². The fourth-order valence-corrected chi connectivity index (χ4v) is 3.65. The largest absolute Gasteiger partial charge is 1.00 e. The maximum atomic E-state index is 12.8. The van der Waals surface area contributed by atoms with Gasteiger partial charge in [0, 0.05) is 6.54 Å². The molecule has 160 valence electrons. The molecule has 3 rings (SSSR count). The molecular weight excluding hydrogens is 404 g/mol. The van der Waals surface area contributed by atoms with Crippen LogP contribution in [0.2, 0.25) is 0 Å². The van der Waals surface area contributed by atoms with Gasteiger partial charge in [-0.25, -0.2) is 0 Å². The summed E-state index contributed by atoms with van der Waals surface area (Å²) in [6.07, 6.45) is -2.87. The molecule has 1 saturated heterocycles. The number of aromatic carboxylic acids is 1. The van der Waals surface area contributed by atoms with Gasteiger partial charge in [0.15, 0.2) is 0 Å². The van der Waals surface area contributed by atoms with E-state index in [1.54, 1.807) is 19.1 Å². The average molecular weight is 426 g/mol. The van der Waals surface area contributed by atoms with Crippen LogP contribution in [-0.2, 0) is 17.5 Å². The standard InChI is InChI=1S/C22H23F3N2O3.Li/c1-14(16-6-8-17(9-7-16)21(29)30)26-20(28)19-3-2-12-27(19)13-15-4-10-18(11-5-15)22(23,24)25;/h4-11,14,19H,2-3,12-13H2,1H3,(H,26,28)(H,29,30);/q;+1/p-1/t14-,19+;/m0./s1. The summed E-state index contributed by atoms with van der Waals surface area (Å²) in [5, 5.41) is 13.8. The number of hydrogen-bond acceptors (Lipinski definition) is 4. The number of carboxylic acids is 1. The molecule has 2 atom stereocenters. The molecular formula is C22H22F3LiN2O3. The van der Waals surface area contributed by atoms with E-state index in [2.05, 4.69) is 5.32 Å². The Bertz CT molecular complexity index is 902. The second-order valence-electron chi connectivity index (χ2n) is 7.46. The molecule has 0 aromatic heterocycles. The van der Waals surface area contributed by atoms with Crippen molar-refractivity contribution in [3.8, 4) is 0 Å². The van der Waals surface area contributed by atoms with E-state index in [0.717, 1.165) is 24.1 Å². The van der Waals surface area contributed by atoms with Gasteiger partial charge in [0.05, 0.1) is 23.6 Å². The van der Waals surface area contributed by atoms with Crippen LogP contribution in [0.4, 0.5) is 13.2 Å². The second kappa shape index (κ2) is 10.4. The van der Waals surface area contributed by atoms with Crippen LogP contribution in [0.5, 0.6) is 0 Å². The van der Waals surface area contributed by atoms with Gasteiger partial charge < -0.3 is 15.2 Å². The molecule has 0 bridgehead atoms. The fraction of sp³-hybridized carbons (Fsp3) is 0.364. The van der Waals surface area contributed by atoms with Gasteiger partial charge in [-0.3, -0.25) is 9.69 Å². The van der Waals surface area contributed by atoms with Gasteiger partial charge in [0.1, 0.15) is 0 Å². The summed E-state index contributed by atoms with van der Waals surface area (Å²) in [6.45, 7) is 2.89. The predicted octanol–water partition coefficient (Wildman–Crippen LogP) is -0.0853. The normalized spacial score (nSPS) is 17.6. The maximum absolute atomic E-state index is 12.8. The number of rotatable bonds is 6. The summed E-state index contributed by atoms with van der Waals surface area (Å²) in [6, 6.07) is 10.4. The Morgan fingerprint density at radius 1 is 1.13 bits per heavy atom. The molecule has 1 aliphatic rings. The molecule has 1 aliphatic heterocycles. The molecule has 0 radical (unpaired) electrons. The summed E-state index contributed by atoms with van der Waals surface area (Å²) < 4.78 is 38.2. The Hall–Kier alpha value is -2.27. The van der Waals surface area contributed by atoms with E-state index in [9.17, 15) is 27.9 Å². The van der Waals surface area contributed by atoms with Crippen molar-refractivity contribution in [1.29, 1.82) is 0 Å². The number of halogens is 3. The van der Waals surface area contributed by atoms with Crippen LogP contribution in [0.25, 0.3) is 0 Å². The molecule has 0 aliphatic carbocycles. The van der Waals surface area contributed by atoms with Gasteiger partial charge >= 0.3 is 25.0 Å². The molecule has 5 nitrogen and oxygen atoms in total. The van der Waals surface area contributed by atoms with E-state index >= 15 is 0 Å². The quantitative estimate of drug-likeness (QED) is 0.656. The molecule has 0 unspecified atom stereocenters. The third kappa shape index (κ3) is 6.36. The van der Waals surface area contributed by atoms with Crippen molar-refractivity contribution in [2.24, 2.45) is 0 Å². The van der Waals surface area contributed by atoms with E-state index in [4.69, 9.17) is 0 Å². The number of hydrogen-bond donors (Lipinski definition) is 1. The molecule has 9 heteroatoms. The molecule has 1 amide bonds. The first-order chi connectivity index (χ1) is 14.1. The molecule has 1 fully saturated rings.